The largest absolute Gasteiger partial charge is 0.372 e. The lowest BCUT2D eigenvalue weighted by Crippen LogP contribution is -2.26. The number of hydrogen-bond donors (Lipinski definition) is 1. The van der Waals surface area contributed by atoms with Gasteiger partial charge in [0.25, 0.3) is 0 Å². The van der Waals surface area contributed by atoms with Crippen molar-refractivity contribution in [1.29, 1.82) is 0 Å². The number of amides is 1. The number of anilines is 1. The molecule has 2 N–H and O–H groups in total. The zero-order valence-electron chi connectivity index (χ0n) is 17.1. The highest BCUT2D eigenvalue weighted by Crippen LogP contribution is 2.18. The van der Waals surface area contributed by atoms with Crippen LogP contribution in [-0.4, -0.2) is 19.0 Å². The summed E-state index contributed by atoms with van der Waals surface area (Å²) in [5, 5.41) is 0. The molecule has 3 nitrogen and oxygen atoms in total. The number of hydrogen-bond acceptors (Lipinski definition) is 2. The van der Waals surface area contributed by atoms with Gasteiger partial charge in [-0.25, -0.2) is 0 Å². The van der Waals surface area contributed by atoms with Crippen LogP contribution in [-0.2, 0) is 0 Å². The molecule has 0 atom stereocenters. The minimum Gasteiger partial charge on any atom is -0.372 e. The normalized spacial score (nSPS) is 10.8. The maximum Gasteiger partial charge on any atom is 0.248 e. The standard InChI is InChI=1S/C23H40N2O/c1-3-5-7-9-11-13-19-25(20-14-12-10-8-6-4-2)22-17-15-21(16-18-22)23(24)26/h15-18H,3-14,19-20H2,1-2H3,(H2,24,26). The second-order valence-electron chi connectivity index (χ2n) is 7.43. The van der Waals surface area contributed by atoms with E-state index >= 15 is 0 Å². The van der Waals surface area contributed by atoms with E-state index in [9.17, 15) is 4.79 Å². The van der Waals surface area contributed by atoms with Gasteiger partial charge in [0.1, 0.15) is 0 Å². The first-order chi connectivity index (χ1) is 12.7. The van der Waals surface area contributed by atoms with Gasteiger partial charge in [-0.3, -0.25) is 4.79 Å². The van der Waals surface area contributed by atoms with E-state index in [1.54, 1.807) is 0 Å². The summed E-state index contributed by atoms with van der Waals surface area (Å²) in [7, 11) is 0. The van der Waals surface area contributed by atoms with Gasteiger partial charge in [0.15, 0.2) is 0 Å². The number of benzene rings is 1. The molecule has 0 heterocycles. The molecule has 0 radical (unpaired) electrons. The van der Waals surface area contributed by atoms with Crippen molar-refractivity contribution in [2.75, 3.05) is 18.0 Å². The molecule has 148 valence electrons. The number of rotatable bonds is 16. The highest BCUT2D eigenvalue weighted by molar-refractivity contribution is 5.93. The molecule has 1 rings (SSSR count). The smallest absolute Gasteiger partial charge is 0.248 e. The summed E-state index contributed by atoms with van der Waals surface area (Å²) in [4.78, 5) is 13.8. The van der Waals surface area contributed by atoms with Crippen LogP contribution in [0, 0.1) is 0 Å². The van der Waals surface area contributed by atoms with Crippen molar-refractivity contribution in [3.63, 3.8) is 0 Å². The molecule has 0 aliphatic heterocycles. The molecule has 0 aliphatic carbocycles. The van der Waals surface area contributed by atoms with Crippen LogP contribution in [0.2, 0.25) is 0 Å². The van der Waals surface area contributed by atoms with Crippen LogP contribution in [0.3, 0.4) is 0 Å². The Morgan fingerprint density at radius 1 is 0.731 bits per heavy atom. The predicted octanol–water partition coefficient (Wildman–Crippen LogP) is 6.31. The number of carbonyl (C=O) groups excluding carboxylic acids is 1. The molecule has 26 heavy (non-hydrogen) atoms. The molecule has 0 unspecified atom stereocenters. The fourth-order valence-corrected chi connectivity index (χ4v) is 3.37. The zero-order chi connectivity index (χ0) is 19.0. The Hall–Kier alpha value is -1.51. The number of carbonyl (C=O) groups is 1. The highest BCUT2D eigenvalue weighted by Gasteiger charge is 2.08. The first-order valence-corrected chi connectivity index (χ1v) is 10.8. The summed E-state index contributed by atoms with van der Waals surface area (Å²) in [5.74, 6) is -0.352. The Labute approximate surface area is 161 Å². The van der Waals surface area contributed by atoms with E-state index in [1.165, 1.54) is 82.7 Å². The molecular formula is C23H40N2O. The minimum absolute atomic E-state index is 0.352. The number of primary amides is 1. The van der Waals surface area contributed by atoms with Gasteiger partial charge in [-0.05, 0) is 37.1 Å². The van der Waals surface area contributed by atoms with Crippen LogP contribution >= 0.6 is 0 Å². The van der Waals surface area contributed by atoms with Crippen molar-refractivity contribution in [2.45, 2.75) is 90.9 Å². The van der Waals surface area contributed by atoms with Crippen molar-refractivity contribution < 1.29 is 4.79 Å². The Kier molecular flexibility index (Phi) is 12.7. The monoisotopic (exact) mass is 360 g/mol. The SMILES string of the molecule is CCCCCCCCN(CCCCCCCC)c1ccc(C(N)=O)cc1. The molecule has 0 aliphatic rings. The molecule has 0 aromatic heterocycles. The van der Waals surface area contributed by atoms with Crippen molar-refractivity contribution in [3.05, 3.63) is 29.8 Å². The summed E-state index contributed by atoms with van der Waals surface area (Å²) < 4.78 is 0. The number of nitrogens with zero attached hydrogens (tertiary/aromatic N) is 1. The second-order valence-corrected chi connectivity index (χ2v) is 7.43. The lowest BCUT2D eigenvalue weighted by Gasteiger charge is -2.25. The van der Waals surface area contributed by atoms with Gasteiger partial charge in [-0.1, -0.05) is 78.1 Å². The van der Waals surface area contributed by atoms with E-state index in [0.717, 1.165) is 13.1 Å². The van der Waals surface area contributed by atoms with E-state index in [-0.39, 0.29) is 5.91 Å². The van der Waals surface area contributed by atoms with Gasteiger partial charge in [-0.2, -0.15) is 0 Å². The number of nitrogens with two attached hydrogens (primary N) is 1. The van der Waals surface area contributed by atoms with Crippen LogP contribution in [0.1, 0.15) is 101 Å². The molecule has 0 bridgehead atoms. The van der Waals surface area contributed by atoms with Gasteiger partial charge in [0.05, 0.1) is 0 Å². The Morgan fingerprint density at radius 3 is 1.58 bits per heavy atom. The Bertz CT molecular complexity index is 454. The average molecular weight is 361 g/mol. The second kappa shape index (κ2) is 14.6. The van der Waals surface area contributed by atoms with Crippen LogP contribution in [0.4, 0.5) is 5.69 Å². The number of unbranched alkanes of at least 4 members (excludes halogenated alkanes) is 10. The summed E-state index contributed by atoms with van der Waals surface area (Å²) in [5.41, 5.74) is 7.17. The summed E-state index contributed by atoms with van der Waals surface area (Å²) in [6.45, 7) is 6.74. The third-order valence-electron chi connectivity index (χ3n) is 5.08. The lowest BCUT2D eigenvalue weighted by molar-refractivity contribution is 0.100. The minimum atomic E-state index is -0.352. The van der Waals surface area contributed by atoms with Crippen LogP contribution in [0.5, 0.6) is 0 Å². The summed E-state index contributed by atoms with van der Waals surface area (Å²) in [6.07, 6.45) is 15.9. The van der Waals surface area contributed by atoms with Gasteiger partial charge in [-0.15, -0.1) is 0 Å². The van der Waals surface area contributed by atoms with Crippen molar-refractivity contribution >= 4 is 11.6 Å². The zero-order valence-corrected chi connectivity index (χ0v) is 17.1. The molecule has 0 saturated heterocycles. The van der Waals surface area contributed by atoms with Gasteiger partial charge in [0.2, 0.25) is 5.91 Å². The summed E-state index contributed by atoms with van der Waals surface area (Å²) in [6, 6.07) is 7.81. The van der Waals surface area contributed by atoms with E-state index in [0.29, 0.717) is 5.56 Å². The summed E-state index contributed by atoms with van der Waals surface area (Å²) >= 11 is 0. The van der Waals surface area contributed by atoms with E-state index in [4.69, 9.17) is 5.73 Å². The van der Waals surface area contributed by atoms with E-state index in [1.807, 2.05) is 24.3 Å². The maximum absolute atomic E-state index is 11.3. The predicted molar refractivity (Wildman–Crippen MR) is 114 cm³/mol. The van der Waals surface area contributed by atoms with Crippen molar-refractivity contribution in [3.8, 4) is 0 Å². The van der Waals surface area contributed by atoms with Crippen LogP contribution < -0.4 is 10.6 Å². The molecule has 1 aromatic carbocycles. The first kappa shape index (κ1) is 22.5. The third kappa shape index (κ3) is 9.84. The quantitative estimate of drug-likeness (QED) is 0.351. The first-order valence-electron chi connectivity index (χ1n) is 10.8. The average Bonchev–Trinajstić information content (AvgIpc) is 2.65. The maximum atomic E-state index is 11.3. The van der Waals surface area contributed by atoms with E-state index < -0.39 is 0 Å². The van der Waals surface area contributed by atoms with Crippen LogP contribution in [0.25, 0.3) is 0 Å². The molecule has 0 spiro atoms. The fourth-order valence-electron chi connectivity index (χ4n) is 3.37. The van der Waals surface area contributed by atoms with Crippen LogP contribution in [0.15, 0.2) is 24.3 Å². The molecule has 1 aromatic rings. The molecule has 3 heteroatoms. The molecular weight excluding hydrogens is 320 g/mol. The molecule has 0 saturated carbocycles. The highest BCUT2D eigenvalue weighted by atomic mass is 16.1. The van der Waals surface area contributed by atoms with Gasteiger partial charge in [0, 0.05) is 24.3 Å². The van der Waals surface area contributed by atoms with Gasteiger partial charge < -0.3 is 10.6 Å². The lowest BCUT2D eigenvalue weighted by atomic mass is 10.1. The Morgan fingerprint density at radius 2 is 1.15 bits per heavy atom. The van der Waals surface area contributed by atoms with Crippen molar-refractivity contribution in [2.24, 2.45) is 5.73 Å². The van der Waals surface area contributed by atoms with Crippen molar-refractivity contribution in [1.82, 2.24) is 0 Å². The fraction of sp³-hybridized carbons (Fsp3) is 0.696. The van der Waals surface area contributed by atoms with Gasteiger partial charge >= 0.3 is 0 Å². The Balaban J connectivity index is 2.47. The third-order valence-corrected chi connectivity index (χ3v) is 5.08. The molecule has 0 fully saturated rings. The topological polar surface area (TPSA) is 46.3 Å². The molecule has 1 amide bonds. The van der Waals surface area contributed by atoms with E-state index in [2.05, 4.69) is 18.7 Å².